The molecule has 1 heterocycles. The van der Waals surface area contributed by atoms with Crippen molar-refractivity contribution in [3.8, 4) is 0 Å². The summed E-state index contributed by atoms with van der Waals surface area (Å²) in [6.07, 6.45) is 1.93. The first-order valence-electron chi connectivity index (χ1n) is 5.64. The van der Waals surface area contributed by atoms with Crippen molar-refractivity contribution in [1.29, 1.82) is 0 Å². The molecule has 0 spiro atoms. The average molecular weight is 231 g/mol. The van der Waals surface area contributed by atoms with Gasteiger partial charge in [-0.3, -0.25) is 0 Å². The zero-order chi connectivity index (χ0) is 12.3. The molecule has 90 valence electrons. The summed E-state index contributed by atoms with van der Waals surface area (Å²) in [5.41, 5.74) is 0.907. The maximum absolute atomic E-state index is 5.55. The van der Waals surface area contributed by atoms with Gasteiger partial charge in [0, 0.05) is 0 Å². The molecule has 3 nitrogen and oxygen atoms in total. The lowest BCUT2D eigenvalue weighted by molar-refractivity contribution is 0.253. The topological polar surface area (TPSA) is 30.8 Å². The fraction of sp³-hybridized carbons (Fsp3) is 0.357. The van der Waals surface area contributed by atoms with E-state index in [1.54, 1.807) is 7.11 Å². The maximum Gasteiger partial charge on any atom is 0.253 e. The molecule has 1 aromatic rings. The third-order valence-electron chi connectivity index (χ3n) is 2.49. The van der Waals surface area contributed by atoms with Gasteiger partial charge in [0.15, 0.2) is 5.76 Å². The van der Waals surface area contributed by atoms with Gasteiger partial charge < -0.3 is 9.47 Å². The third-order valence-corrected chi connectivity index (χ3v) is 2.49. The normalized spacial score (nSPS) is 18.5. The maximum atomic E-state index is 5.55. The van der Waals surface area contributed by atoms with Gasteiger partial charge in [0.25, 0.3) is 5.90 Å². The number of ether oxygens (including phenoxy) is 2. The van der Waals surface area contributed by atoms with Gasteiger partial charge >= 0.3 is 0 Å². The van der Waals surface area contributed by atoms with Crippen LogP contribution < -0.4 is 0 Å². The van der Waals surface area contributed by atoms with Crippen LogP contribution in [0.1, 0.15) is 19.4 Å². The van der Waals surface area contributed by atoms with Gasteiger partial charge in [0.2, 0.25) is 0 Å². The quantitative estimate of drug-likeness (QED) is 0.749. The molecular weight excluding hydrogens is 214 g/mol. The van der Waals surface area contributed by atoms with Crippen molar-refractivity contribution in [2.45, 2.75) is 19.4 Å². The number of aliphatic imine (C=N–C) groups is 1. The van der Waals surface area contributed by atoms with Gasteiger partial charge in [-0.25, -0.2) is 4.99 Å². The molecule has 0 bridgehead atoms. The minimum atomic E-state index is -0.163. The van der Waals surface area contributed by atoms with Crippen LogP contribution >= 0.6 is 0 Å². The van der Waals surface area contributed by atoms with Crippen LogP contribution in [-0.2, 0) is 9.47 Å². The van der Waals surface area contributed by atoms with Crippen LogP contribution in [0.3, 0.4) is 0 Å². The van der Waals surface area contributed by atoms with Crippen molar-refractivity contribution in [2.75, 3.05) is 13.7 Å². The lowest BCUT2D eigenvalue weighted by Gasteiger charge is -2.07. The van der Waals surface area contributed by atoms with Crippen molar-refractivity contribution < 1.29 is 9.47 Å². The Morgan fingerprint density at radius 1 is 1.35 bits per heavy atom. The van der Waals surface area contributed by atoms with Crippen LogP contribution in [-0.4, -0.2) is 25.2 Å². The molecule has 0 aliphatic carbocycles. The zero-order valence-corrected chi connectivity index (χ0v) is 10.4. The summed E-state index contributed by atoms with van der Waals surface area (Å²) in [5.74, 6) is 1.25. The number of rotatable bonds is 3. The van der Waals surface area contributed by atoms with Crippen LogP contribution in [0.2, 0.25) is 0 Å². The monoisotopic (exact) mass is 231 g/mol. The number of hydrogen-bond donors (Lipinski definition) is 0. The summed E-state index contributed by atoms with van der Waals surface area (Å²) in [5, 5.41) is 0. The predicted molar refractivity (Wildman–Crippen MR) is 68.9 cm³/mol. The van der Waals surface area contributed by atoms with Gasteiger partial charge in [-0.1, -0.05) is 30.3 Å². The van der Waals surface area contributed by atoms with Crippen molar-refractivity contribution in [3.63, 3.8) is 0 Å². The molecule has 0 radical (unpaired) electrons. The Balaban J connectivity index is 2.26. The van der Waals surface area contributed by atoms with Crippen LogP contribution in [0, 0.1) is 0 Å². The van der Waals surface area contributed by atoms with E-state index >= 15 is 0 Å². The Morgan fingerprint density at radius 3 is 2.59 bits per heavy atom. The molecule has 3 heteroatoms. The first-order valence-corrected chi connectivity index (χ1v) is 5.64. The molecule has 0 saturated carbocycles. The molecule has 0 fully saturated rings. The van der Waals surface area contributed by atoms with Crippen LogP contribution in [0.5, 0.6) is 0 Å². The lowest BCUT2D eigenvalue weighted by Crippen LogP contribution is -2.17. The van der Waals surface area contributed by atoms with Crippen LogP contribution in [0.25, 0.3) is 6.08 Å². The lowest BCUT2D eigenvalue weighted by atomic mass is 10.1. The molecule has 2 rings (SSSR count). The van der Waals surface area contributed by atoms with E-state index in [9.17, 15) is 0 Å². The van der Waals surface area contributed by atoms with E-state index in [4.69, 9.17) is 9.47 Å². The highest BCUT2D eigenvalue weighted by Crippen LogP contribution is 2.21. The van der Waals surface area contributed by atoms with Gasteiger partial charge in [-0.05, 0) is 25.5 Å². The molecule has 0 aromatic heterocycles. The van der Waals surface area contributed by atoms with Gasteiger partial charge in [-0.2, -0.15) is 0 Å². The third kappa shape index (κ3) is 2.87. The highest BCUT2D eigenvalue weighted by molar-refractivity contribution is 5.97. The molecule has 0 saturated heterocycles. The Labute approximate surface area is 102 Å². The largest absolute Gasteiger partial charge is 0.491 e. The highest BCUT2D eigenvalue weighted by atomic mass is 16.5. The number of hydrogen-bond acceptors (Lipinski definition) is 3. The fourth-order valence-electron chi connectivity index (χ4n) is 1.62. The fourth-order valence-corrected chi connectivity index (χ4v) is 1.62. The first-order chi connectivity index (χ1) is 8.11. The van der Waals surface area contributed by atoms with Gasteiger partial charge in [-0.15, -0.1) is 0 Å². The smallest absolute Gasteiger partial charge is 0.253 e. The van der Waals surface area contributed by atoms with Crippen molar-refractivity contribution in [3.05, 3.63) is 41.7 Å². The second-order valence-electron chi connectivity index (χ2n) is 4.64. The van der Waals surface area contributed by atoms with Gasteiger partial charge in [0.1, 0.15) is 6.61 Å². The zero-order valence-electron chi connectivity index (χ0n) is 10.4. The SMILES string of the molecule is CO/C(=C\c1ccccc1)C1=NC(C)(C)CO1. The summed E-state index contributed by atoms with van der Waals surface area (Å²) < 4.78 is 10.9. The van der Waals surface area contributed by atoms with E-state index in [-0.39, 0.29) is 5.54 Å². The second kappa shape index (κ2) is 4.62. The number of methoxy groups -OCH3 is 1. The Kier molecular flexibility index (Phi) is 3.18. The van der Waals surface area contributed by atoms with E-state index in [0.29, 0.717) is 18.3 Å². The second-order valence-corrected chi connectivity index (χ2v) is 4.64. The summed E-state index contributed by atoms with van der Waals surface area (Å²) in [4.78, 5) is 4.49. The average Bonchev–Trinajstić information content (AvgIpc) is 2.68. The van der Waals surface area contributed by atoms with E-state index < -0.39 is 0 Å². The molecule has 1 aromatic carbocycles. The van der Waals surface area contributed by atoms with Crippen molar-refractivity contribution >= 4 is 12.0 Å². The van der Waals surface area contributed by atoms with Crippen molar-refractivity contribution in [1.82, 2.24) is 0 Å². The van der Waals surface area contributed by atoms with Crippen LogP contribution in [0.4, 0.5) is 0 Å². The molecule has 1 aliphatic heterocycles. The Morgan fingerprint density at radius 2 is 2.06 bits per heavy atom. The standard InChI is InChI=1S/C14H17NO2/c1-14(2)10-17-13(15-14)12(16-3)9-11-7-5-4-6-8-11/h4-9H,10H2,1-3H3/b12-9-. The Bertz CT molecular complexity index is 447. The van der Waals surface area contributed by atoms with E-state index in [0.717, 1.165) is 5.56 Å². The number of nitrogens with zero attached hydrogens (tertiary/aromatic N) is 1. The molecule has 0 unspecified atom stereocenters. The molecule has 0 atom stereocenters. The summed E-state index contributed by atoms with van der Waals surface area (Å²) in [6, 6.07) is 9.98. The molecule has 17 heavy (non-hydrogen) atoms. The molecule has 0 amide bonds. The minimum Gasteiger partial charge on any atom is -0.491 e. The number of benzene rings is 1. The van der Waals surface area contributed by atoms with Gasteiger partial charge in [0.05, 0.1) is 12.6 Å². The minimum absolute atomic E-state index is 0.163. The van der Waals surface area contributed by atoms with E-state index in [1.165, 1.54) is 0 Å². The summed E-state index contributed by atoms with van der Waals surface area (Å²) in [7, 11) is 1.63. The van der Waals surface area contributed by atoms with E-state index in [1.807, 2.05) is 50.3 Å². The predicted octanol–water partition coefficient (Wildman–Crippen LogP) is 2.88. The first kappa shape index (κ1) is 11.7. The Hall–Kier alpha value is -1.77. The summed E-state index contributed by atoms with van der Waals surface area (Å²) in [6.45, 7) is 4.67. The van der Waals surface area contributed by atoms with E-state index in [2.05, 4.69) is 4.99 Å². The van der Waals surface area contributed by atoms with Crippen LogP contribution in [0.15, 0.2) is 41.1 Å². The van der Waals surface area contributed by atoms with Crippen molar-refractivity contribution in [2.24, 2.45) is 4.99 Å². The molecule has 0 N–H and O–H groups in total. The molecule has 1 aliphatic rings. The molecular formula is C14H17NO2. The highest BCUT2D eigenvalue weighted by Gasteiger charge is 2.28. The summed E-state index contributed by atoms with van der Waals surface area (Å²) >= 11 is 0.